The van der Waals surface area contributed by atoms with Crippen LogP contribution in [0.2, 0.25) is 5.02 Å². The average Bonchev–Trinajstić information content (AvgIpc) is 2.87. The van der Waals surface area contributed by atoms with Crippen molar-refractivity contribution in [3.05, 3.63) is 77.3 Å². The lowest BCUT2D eigenvalue weighted by Gasteiger charge is -2.38. The minimum atomic E-state index is -0.553. The highest BCUT2D eigenvalue weighted by Crippen LogP contribution is 2.33. The molecule has 1 unspecified atom stereocenters. The van der Waals surface area contributed by atoms with Crippen LogP contribution in [0.25, 0.3) is 0 Å². The largest absolute Gasteiger partial charge is 0.486 e. The molecule has 5 rings (SSSR count). The number of carbonyl (C=O) groups is 1. The molecule has 2 N–H and O–H groups in total. The summed E-state index contributed by atoms with van der Waals surface area (Å²) >= 11 is 6.30. The van der Waals surface area contributed by atoms with Gasteiger partial charge in [-0.3, -0.25) is 9.80 Å². The van der Waals surface area contributed by atoms with Gasteiger partial charge >= 0.3 is 6.03 Å². The molecule has 35 heavy (non-hydrogen) atoms. The van der Waals surface area contributed by atoms with Crippen molar-refractivity contribution in [2.24, 2.45) is 5.73 Å². The molecule has 3 aromatic carbocycles. The molecular formula is C27H29ClN4O3. The molecule has 1 atom stereocenters. The van der Waals surface area contributed by atoms with Crippen LogP contribution in [-0.4, -0.2) is 56.4 Å². The van der Waals surface area contributed by atoms with E-state index in [-0.39, 0.29) is 6.10 Å². The van der Waals surface area contributed by atoms with Crippen molar-refractivity contribution in [1.29, 1.82) is 0 Å². The van der Waals surface area contributed by atoms with E-state index in [1.165, 1.54) is 4.90 Å². The number of primary amides is 1. The van der Waals surface area contributed by atoms with E-state index in [4.69, 9.17) is 26.8 Å². The van der Waals surface area contributed by atoms with Gasteiger partial charge in [-0.25, -0.2) is 4.79 Å². The van der Waals surface area contributed by atoms with Crippen LogP contribution in [0.4, 0.5) is 21.9 Å². The van der Waals surface area contributed by atoms with Gasteiger partial charge in [0.15, 0.2) is 11.5 Å². The third-order valence-electron chi connectivity index (χ3n) is 6.49. The Morgan fingerprint density at radius 3 is 2.49 bits per heavy atom. The zero-order valence-electron chi connectivity index (χ0n) is 19.7. The third-order valence-corrected chi connectivity index (χ3v) is 6.90. The standard InChI is InChI=1S/C27H29ClN4O3/c1-19-9-10-22(16-24(19)28)32(27(29)33)21-6-4-5-20(15-21)31-13-11-30(12-14-31)17-23-18-34-25-7-2-3-8-26(25)35-23/h2-10,15-16,23H,11-14,17-18H2,1H3,(H2,29,33). The van der Waals surface area contributed by atoms with Crippen molar-refractivity contribution in [1.82, 2.24) is 4.90 Å². The summed E-state index contributed by atoms with van der Waals surface area (Å²) in [5.41, 5.74) is 9.11. The maximum Gasteiger partial charge on any atom is 0.323 e. The van der Waals surface area contributed by atoms with E-state index in [9.17, 15) is 4.79 Å². The SMILES string of the molecule is Cc1ccc(N(C(N)=O)c2cccc(N3CCN(CC4COc5ccccc5O4)CC3)c2)cc1Cl. The number of urea groups is 1. The van der Waals surface area contributed by atoms with Crippen molar-refractivity contribution in [2.75, 3.05) is 49.1 Å². The van der Waals surface area contributed by atoms with Crippen molar-refractivity contribution in [3.8, 4) is 11.5 Å². The van der Waals surface area contributed by atoms with Gasteiger partial charge in [0, 0.05) is 43.4 Å². The van der Waals surface area contributed by atoms with Gasteiger partial charge in [0.1, 0.15) is 12.7 Å². The van der Waals surface area contributed by atoms with Crippen molar-refractivity contribution >= 4 is 34.7 Å². The van der Waals surface area contributed by atoms with E-state index >= 15 is 0 Å². The monoisotopic (exact) mass is 492 g/mol. The van der Waals surface area contributed by atoms with Crippen LogP contribution in [0.15, 0.2) is 66.7 Å². The quantitative estimate of drug-likeness (QED) is 0.552. The minimum absolute atomic E-state index is 0.0187. The van der Waals surface area contributed by atoms with Crippen LogP contribution >= 0.6 is 11.6 Å². The van der Waals surface area contributed by atoms with Gasteiger partial charge in [0.05, 0.1) is 11.4 Å². The fraction of sp³-hybridized carbons (Fsp3) is 0.296. The smallest absolute Gasteiger partial charge is 0.323 e. The summed E-state index contributed by atoms with van der Waals surface area (Å²) in [6, 6.07) is 20.7. The fourth-order valence-electron chi connectivity index (χ4n) is 4.58. The summed E-state index contributed by atoms with van der Waals surface area (Å²) in [5, 5.41) is 0.594. The zero-order valence-corrected chi connectivity index (χ0v) is 20.4. The number of carbonyl (C=O) groups excluding carboxylic acids is 1. The predicted molar refractivity (Wildman–Crippen MR) is 139 cm³/mol. The molecule has 2 amide bonds. The number of aryl methyl sites for hydroxylation is 1. The number of hydrogen-bond acceptors (Lipinski definition) is 5. The van der Waals surface area contributed by atoms with Gasteiger partial charge in [-0.15, -0.1) is 0 Å². The first-order valence-corrected chi connectivity index (χ1v) is 12.2. The summed E-state index contributed by atoms with van der Waals surface area (Å²) in [5.74, 6) is 1.62. The van der Waals surface area contributed by atoms with E-state index in [1.807, 2.05) is 61.5 Å². The van der Waals surface area contributed by atoms with Gasteiger partial charge in [0.2, 0.25) is 0 Å². The number of amides is 2. The minimum Gasteiger partial charge on any atom is -0.486 e. The first kappa shape index (κ1) is 23.3. The Morgan fingerprint density at radius 1 is 1.00 bits per heavy atom. The molecule has 0 bridgehead atoms. The molecule has 7 nitrogen and oxygen atoms in total. The van der Waals surface area contributed by atoms with E-state index in [0.717, 1.165) is 55.5 Å². The summed E-state index contributed by atoms with van der Waals surface area (Å²) in [7, 11) is 0. The highest BCUT2D eigenvalue weighted by atomic mass is 35.5. The van der Waals surface area contributed by atoms with E-state index < -0.39 is 6.03 Å². The number of halogens is 1. The highest BCUT2D eigenvalue weighted by molar-refractivity contribution is 6.31. The molecule has 2 heterocycles. The Morgan fingerprint density at radius 2 is 1.74 bits per heavy atom. The number of nitrogens with zero attached hydrogens (tertiary/aromatic N) is 3. The maximum atomic E-state index is 12.4. The van der Waals surface area contributed by atoms with Crippen LogP contribution < -0.4 is 25.0 Å². The van der Waals surface area contributed by atoms with Crippen LogP contribution in [0.5, 0.6) is 11.5 Å². The average molecular weight is 493 g/mol. The van der Waals surface area contributed by atoms with E-state index in [0.29, 0.717) is 23.0 Å². The van der Waals surface area contributed by atoms with Crippen LogP contribution in [0, 0.1) is 6.92 Å². The van der Waals surface area contributed by atoms with Gasteiger partial charge in [-0.05, 0) is 55.0 Å². The predicted octanol–water partition coefficient (Wildman–Crippen LogP) is 4.83. The molecule has 1 fully saturated rings. The summed E-state index contributed by atoms with van der Waals surface area (Å²) in [6.45, 7) is 6.89. The Bertz CT molecular complexity index is 1210. The Labute approximate surface area is 210 Å². The maximum absolute atomic E-state index is 12.4. The second-order valence-electron chi connectivity index (χ2n) is 8.91. The lowest BCUT2D eigenvalue weighted by molar-refractivity contribution is 0.0571. The molecule has 3 aromatic rings. The Hall–Kier alpha value is -3.42. The number of anilines is 3. The second kappa shape index (κ2) is 10.1. The first-order valence-electron chi connectivity index (χ1n) is 11.8. The van der Waals surface area contributed by atoms with Gasteiger partial charge in [-0.1, -0.05) is 35.9 Å². The molecule has 0 spiro atoms. The molecule has 2 aliphatic heterocycles. The van der Waals surface area contributed by atoms with Crippen molar-refractivity contribution < 1.29 is 14.3 Å². The summed E-state index contributed by atoms with van der Waals surface area (Å²) in [6.07, 6.45) is 0.0187. The number of hydrogen-bond donors (Lipinski definition) is 1. The normalized spacial score (nSPS) is 17.8. The summed E-state index contributed by atoms with van der Waals surface area (Å²) in [4.78, 5) is 18.6. The van der Waals surface area contributed by atoms with Gasteiger partial charge in [-0.2, -0.15) is 0 Å². The van der Waals surface area contributed by atoms with Crippen LogP contribution in [-0.2, 0) is 0 Å². The third kappa shape index (κ3) is 5.16. The Balaban J connectivity index is 1.23. The highest BCUT2D eigenvalue weighted by Gasteiger charge is 2.26. The number of piperazine rings is 1. The van der Waals surface area contributed by atoms with Crippen molar-refractivity contribution in [3.63, 3.8) is 0 Å². The van der Waals surface area contributed by atoms with E-state index in [2.05, 4.69) is 15.9 Å². The van der Waals surface area contributed by atoms with Gasteiger partial charge < -0.3 is 20.1 Å². The Kier molecular flexibility index (Phi) is 6.70. The van der Waals surface area contributed by atoms with Crippen molar-refractivity contribution in [2.45, 2.75) is 13.0 Å². The molecule has 2 aliphatic rings. The number of fused-ring (bicyclic) bond motifs is 1. The van der Waals surface area contributed by atoms with Crippen LogP contribution in [0.3, 0.4) is 0 Å². The number of ether oxygens (including phenoxy) is 2. The van der Waals surface area contributed by atoms with E-state index in [1.54, 1.807) is 6.07 Å². The second-order valence-corrected chi connectivity index (χ2v) is 9.32. The fourth-order valence-corrected chi connectivity index (χ4v) is 4.76. The molecule has 8 heteroatoms. The molecule has 182 valence electrons. The molecule has 0 aromatic heterocycles. The summed E-state index contributed by atoms with van der Waals surface area (Å²) < 4.78 is 12.0. The number of benzene rings is 3. The molecule has 1 saturated heterocycles. The molecule has 0 radical (unpaired) electrons. The number of para-hydroxylation sites is 2. The lowest BCUT2D eigenvalue weighted by atomic mass is 10.1. The molecule has 0 aliphatic carbocycles. The molecule has 0 saturated carbocycles. The topological polar surface area (TPSA) is 71.3 Å². The first-order chi connectivity index (χ1) is 17.0. The number of nitrogens with two attached hydrogens (primary N) is 1. The van der Waals surface area contributed by atoms with Crippen LogP contribution in [0.1, 0.15) is 5.56 Å². The zero-order chi connectivity index (χ0) is 24.4. The van der Waals surface area contributed by atoms with Gasteiger partial charge in [0.25, 0.3) is 0 Å². The molecular weight excluding hydrogens is 464 g/mol. The lowest BCUT2D eigenvalue weighted by Crippen LogP contribution is -2.50. The number of rotatable bonds is 5.